The van der Waals surface area contributed by atoms with Gasteiger partial charge in [0.25, 0.3) is 5.91 Å². The van der Waals surface area contributed by atoms with E-state index in [2.05, 4.69) is 22.4 Å². The van der Waals surface area contributed by atoms with E-state index >= 15 is 0 Å². The Labute approximate surface area is 121 Å². The molecule has 1 aromatic carbocycles. The molecule has 104 valence electrons. The smallest absolute Gasteiger partial charge is 0.267 e. The molecule has 0 spiro atoms. The van der Waals surface area contributed by atoms with E-state index in [9.17, 15) is 4.79 Å². The van der Waals surface area contributed by atoms with Crippen LogP contribution in [0.5, 0.6) is 5.75 Å². The van der Waals surface area contributed by atoms with Crippen molar-refractivity contribution in [1.82, 2.24) is 10.2 Å². The van der Waals surface area contributed by atoms with Gasteiger partial charge in [-0.15, -0.1) is 10.2 Å². The number of hydrogen-bond acceptors (Lipinski definition) is 5. The molecule has 20 heavy (non-hydrogen) atoms. The summed E-state index contributed by atoms with van der Waals surface area (Å²) < 4.78 is 5.64. The van der Waals surface area contributed by atoms with Crippen LogP contribution in [0.25, 0.3) is 0 Å². The average Bonchev–Trinajstić information content (AvgIpc) is 3.05. The lowest BCUT2D eigenvalue weighted by atomic mass is 10.1. The van der Waals surface area contributed by atoms with Crippen LogP contribution in [-0.4, -0.2) is 22.2 Å². The van der Waals surface area contributed by atoms with Gasteiger partial charge in [0.15, 0.2) is 6.10 Å². The Balaban J connectivity index is 1.63. The molecule has 5 nitrogen and oxygen atoms in total. The summed E-state index contributed by atoms with van der Waals surface area (Å²) in [6.45, 7) is 2.09. The molecule has 0 bridgehead atoms. The second-order valence-corrected chi connectivity index (χ2v) is 5.72. The summed E-state index contributed by atoms with van der Waals surface area (Å²) in [5.74, 6) is 0.622. The summed E-state index contributed by atoms with van der Waals surface area (Å²) in [6.07, 6.45) is 2.02. The molecule has 1 N–H and O–H groups in total. The van der Waals surface area contributed by atoms with E-state index in [1.807, 2.05) is 24.3 Å². The molecule has 1 atom stereocenters. The van der Waals surface area contributed by atoms with E-state index in [1.54, 1.807) is 0 Å². The molecule has 0 saturated heterocycles. The van der Waals surface area contributed by atoms with Crippen LogP contribution in [0.15, 0.2) is 24.3 Å². The largest absolute Gasteiger partial charge is 0.480 e. The minimum atomic E-state index is -0.481. The third kappa shape index (κ3) is 2.65. The maximum atomic E-state index is 12.2. The predicted octanol–water partition coefficient (Wildman–Crippen LogP) is 2.43. The van der Waals surface area contributed by atoms with E-state index in [0.29, 0.717) is 11.6 Å². The van der Waals surface area contributed by atoms with Gasteiger partial charge in [0, 0.05) is 12.8 Å². The van der Waals surface area contributed by atoms with Crippen LogP contribution in [-0.2, 0) is 17.6 Å². The van der Waals surface area contributed by atoms with Gasteiger partial charge in [0.1, 0.15) is 10.8 Å². The highest BCUT2D eigenvalue weighted by molar-refractivity contribution is 7.15. The lowest BCUT2D eigenvalue weighted by Crippen LogP contribution is -2.31. The first-order valence-electron chi connectivity index (χ1n) is 6.64. The standard InChI is InChI=1S/C14H15N3O2S/c1-2-5-12-16-17-14(20-12)15-13(18)11-8-9-6-3-4-7-10(9)19-11/h3-4,6-7,11H,2,5,8H2,1H3,(H,15,17,18). The number of aromatic nitrogens is 2. The fourth-order valence-corrected chi connectivity index (χ4v) is 2.98. The van der Waals surface area contributed by atoms with Gasteiger partial charge in [-0.25, -0.2) is 0 Å². The van der Waals surface area contributed by atoms with E-state index in [4.69, 9.17) is 4.74 Å². The molecule has 3 rings (SSSR count). The maximum Gasteiger partial charge on any atom is 0.267 e. The highest BCUT2D eigenvalue weighted by Crippen LogP contribution is 2.28. The molecule has 0 fully saturated rings. The second kappa shape index (κ2) is 5.58. The van der Waals surface area contributed by atoms with Crippen LogP contribution in [0.4, 0.5) is 5.13 Å². The molecule has 0 saturated carbocycles. The third-order valence-corrected chi connectivity index (χ3v) is 4.00. The zero-order chi connectivity index (χ0) is 13.9. The molecule has 1 amide bonds. The number of carbonyl (C=O) groups excluding carboxylic acids is 1. The maximum absolute atomic E-state index is 12.2. The molecular formula is C14H15N3O2S. The van der Waals surface area contributed by atoms with E-state index in [-0.39, 0.29) is 5.91 Å². The monoisotopic (exact) mass is 289 g/mol. The van der Waals surface area contributed by atoms with Crippen molar-refractivity contribution < 1.29 is 9.53 Å². The number of carbonyl (C=O) groups is 1. The van der Waals surface area contributed by atoms with Gasteiger partial charge in [-0.3, -0.25) is 10.1 Å². The highest BCUT2D eigenvalue weighted by Gasteiger charge is 2.29. The Morgan fingerprint density at radius 3 is 3.10 bits per heavy atom. The number of aryl methyl sites for hydroxylation is 1. The van der Waals surface area contributed by atoms with Crippen molar-refractivity contribution in [2.75, 3.05) is 5.32 Å². The number of hydrogen-bond donors (Lipinski definition) is 1. The first-order valence-corrected chi connectivity index (χ1v) is 7.45. The molecular weight excluding hydrogens is 274 g/mol. The van der Waals surface area contributed by atoms with Crippen LogP contribution >= 0.6 is 11.3 Å². The number of anilines is 1. The number of nitrogens with zero attached hydrogens (tertiary/aromatic N) is 2. The number of para-hydroxylation sites is 1. The summed E-state index contributed by atoms with van der Waals surface area (Å²) >= 11 is 1.42. The molecule has 6 heteroatoms. The van der Waals surface area contributed by atoms with Gasteiger partial charge in [0.05, 0.1) is 0 Å². The number of fused-ring (bicyclic) bond motifs is 1. The molecule has 1 aromatic heterocycles. The van der Waals surface area contributed by atoms with Gasteiger partial charge in [-0.05, 0) is 18.1 Å². The van der Waals surface area contributed by atoms with Crippen LogP contribution in [0.2, 0.25) is 0 Å². The van der Waals surface area contributed by atoms with Crippen molar-refractivity contribution in [3.05, 3.63) is 34.8 Å². The quantitative estimate of drug-likeness (QED) is 0.939. The van der Waals surface area contributed by atoms with Gasteiger partial charge in [-0.2, -0.15) is 0 Å². The Morgan fingerprint density at radius 1 is 1.45 bits per heavy atom. The summed E-state index contributed by atoms with van der Waals surface area (Å²) in [5, 5.41) is 12.3. The van der Waals surface area contributed by atoms with Gasteiger partial charge >= 0.3 is 0 Å². The summed E-state index contributed by atoms with van der Waals surface area (Å²) in [6, 6.07) is 7.71. The summed E-state index contributed by atoms with van der Waals surface area (Å²) in [4.78, 5) is 12.2. The van der Waals surface area contributed by atoms with Crippen LogP contribution < -0.4 is 10.1 Å². The van der Waals surface area contributed by atoms with Crippen LogP contribution in [0.3, 0.4) is 0 Å². The first-order chi connectivity index (χ1) is 9.76. The molecule has 0 radical (unpaired) electrons. The molecule has 1 unspecified atom stereocenters. The second-order valence-electron chi connectivity index (χ2n) is 4.66. The average molecular weight is 289 g/mol. The topological polar surface area (TPSA) is 64.1 Å². The van der Waals surface area contributed by atoms with Gasteiger partial charge in [-0.1, -0.05) is 36.5 Å². The zero-order valence-corrected chi connectivity index (χ0v) is 11.9. The summed E-state index contributed by atoms with van der Waals surface area (Å²) in [5.41, 5.74) is 1.07. The molecule has 1 aliphatic rings. The van der Waals surface area contributed by atoms with Crippen molar-refractivity contribution in [3.63, 3.8) is 0 Å². The number of amides is 1. The van der Waals surface area contributed by atoms with Crippen molar-refractivity contribution in [2.45, 2.75) is 32.3 Å². The first kappa shape index (κ1) is 13.1. The Bertz CT molecular complexity index is 601. The third-order valence-electron chi connectivity index (χ3n) is 3.10. The number of ether oxygens (including phenoxy) is 1. The normalized spacial score (nSPS) is 16.6. The lowest BCUT2D eigenvalue weighted by molar-refractivity contribution is -0.122. The van der Waals surface area contributed by atoms with Crippen molar-refractivity contribution >= 4 is 22.4 Å². The van der Waals surface area contributed by atoms with Crippen molar-refractivity contribution in [1.29, 1.82) is 0 Å². The predicted molar refractivity (Wildman–Crippen MR) is 77.1 cm³/mol. The Kier molecular flexibility index (Phi) is 3.64. The van der Waals surface area contributed by atoms with E-state index < -0.39 is 6.10 Å². The van der Waals surface area contributed by atoms with E-state index in [0.717, 1.165) is 29.2 Å². The molecule has 0 aliphatic carbocycles. The highest BCUT2D eigenvalue weighted by atomic mass is 32.1. The number of rotatable bonds is 4. The molecule has 2 aromatic rings. The minimum absolute atomic E-state index is 0.166. The van der Waals surface area contributed by atoms with Crippen LogP contribution in [0, 0.1) is 0 Å². The SMILES string of the molecule is CCCc1nnc(NC(=O)C2Cc3ccccc3O2)s1. The lowest BCUT2D eigenvalue weighted by Gasteiger charge is -2.08. The van der Waals surface area contributed by atoms with Crippen molar-refractivity contribution in [3.8, 4) is 5.75 Å². The zero-order valence-electron chi connectivity index (χ0n) is 11.1. The Hall–Kier alpha value is -1.95. The van der Waals surface area contributed by atoms with Gasteiger partial charge in [0.2, 0.25) is 5.13 Å². The molecule has 1 aliphatic heterocycles. The molecule has 2 heterocycles. The Morgan fingerprint density at radius 2 is 2.30 bits per heavy atom. The fraction of sp³-hybridized carbons (Fsp3) is 0.357. The fourth-order valence-electron chi connectivity index (χ4n) is 2.13. The minimum Gasteiger partial charge on any atom is -0.480 e. The number of nitrogens with one attached hydrogen (secondary N) is 1. The van der Waals surface area contributed by atoms with Gasteiger partial charge < -0.3 is 4.74 Å². The summed E-state index contributed by atoms with van der Waals surface area (Å²) in [7, 11) is 0. The van der Waals surface area contributed by atoms with Crippen LogP contribution in [0.1, 0.15) is 23.9 Å². The number of benzene rings is 1. The van der Waals surface area contributed by atoms with E-state index in [1.165, 1.54) is 11.3 Å². The van der Waals surface area contributed by atoms with Crippen molar-refractivity contribution in [2.24, 2.45) is 0 Å².